The molecule has 2 amide bonds. The highest BCUT2D eigenvalue weighted by atomic mass is 35.5. The van der Waals surface area contributed by atoms with Crippen molar-refractivity contribution in [1.82, 2.24) is 10.6 Å². The number of anilines is 1. The van der Waals surface area contributed by atoms with Gasteiger partial charge in [0, 0.05) is 42.7 Å². The SMILES string of the molecule is O=C(NC1CCN(c2ccc(Cl)cc2Cl)C1)N[C@@H]1C=C[C@H](CO)C1. The summed E-state index contributed by atoms with van der Waals surface area (Å²) >= 11 is 12.2. The van der Waals surface area contributed by atoms with Crippen LogP contribution in [-0.4, -0.2) is 42.9 Å². The largest absolute Gasteiger partial charge is 0.396 e. The zero-order valence-electron chi connectivity index (χ0n) is 13.2. The van der Waals surface area contributed by atoms with Gasteiger partial charge in [-0.1, -0.05) is 35.4 Å². The standard InChI is InChI=1S/C17H21Cl2N3O2/c18-12-2-4-16(15(19)8-12)22-6-5-14(9-22)21-17(24)20-13-3-1-11(7-13)10-23/h1-4,8,11,13-14,23H,5-7,9-10H2,(H2,20,21,24)/t11-,13+,14?/m0/s1. The molecule has 0 saturated carbocycles. The minimum atomic E-state index is -0.169. The molecule has 3 N–H and O–H groups in total. The van der Waals surface area contributed by atoms with Crippen LogP contribution in [0.1, 0.15) is 12.8 Å². The molecule has 1 heterocycles. The van der Waals surface area contributed by atoms with E-state index in [0.29, 0.717) is 16.6 Å². The van der Waals surface area contributed by atoms with Gasteiger partial charge in [-0.2, -0.15) is 0 Å². The summed E-state index contributed by atoms with van der Waals surface area (Å²) in [5.41, 5.74) is 0.940. The number of amides is 2. The van der Waals surface area contributed by atoms with Gasteiger partial charge in [0.25, 0.3) is 0 Å². The molecule has 24 heavy (non-hydrogen) atoms. The maximum Gasteiger partial charge on any atom is 0.315 e. The minimum absolute atomic E-state index is 0.00892. The molecule has 1 saturated heterocycles. The van der Waals surface area contributed by atoms with Crippen molar-refractivity contribution in [2.24, 2.45) is 5.92 Å². The van der Waals surface area contributed by atoms with Crippen molar-refractivity contribution in [2.45, 2.75) is 24.9 Å². The molecule has 7 heteroatoms. The lowest BCUT2D eigenvalue weighted by Gasteiger charge is -2.21. The lowest BCUT2D eigenvalue weighted by molar-refractivity contribution is 0.229. The zero-order valence-corrected chi connectivity index (χ0v) is 14.7. The minimum Gasteiger partial charge on any atom is -0.396 e. The molecule has 0 aromatic heterocycles. The van der Waals surface area contributed by atoms with Gasteiger partial charge in [-0.25, -0.2) is 4.79 Å². The molecule has 1 aromatic carbocycles. The van der Waals surface area contributed by atoms with Crippen molar-refractivity contribution >= 4 is 34.9 Å². The van der Waals surface area contributed by atoms with E-state index in [1.807, 2.05) is 24.3 Å². The van der Waals surface area contributed by atoms with E-state index < -0.39 is 0 Å². The highest BCUT2D eigenvalue weighted by molar-refractivity contribution is 6.36. The molecule has 1 aromatic rings. The topological polar surface area (TPSA) is 64.6 Å². The summed E-state index contributed by atoms with van der Waals surface area (Å²) in [5.74, 6) is 0.143. The van der Waals surface area contributed by atoms with Crippen molar-refractivity contribution in [3.63, 3.8) is 0 Å². The van der Waals surface area contributed by atoms with Crippen LogP contribution in [0.15, 0.2) is 30.4 Å². The Bertz CT molecular complexity index is 638. The second kappa shape index (κ2) is 7.64. The van der Waals surface area contributed by atoms with E-state index in [-0.39, 0.29) is 30.6 Å². The molecule has 3 atom stereocenters. The number of nitrogens with zero attached hydrogens (tertiary/aromatic N) is 1. The summed E-state index contributed by atoms with van der Waals surface area (Å²) in [6.45, 7) is 1.67. The zero-order chi connectivity index (χ0) is 17.1. The molecule has 1 fully saturated rings. The Hall–Kier alpha value is -1.43. The van der Waals surface area contributed by atoms with E-state index in [1.54, 1.807) is 6.07 Å². The maximum absolute atomic E-state index is 12.1. The van der Waals surface area contributed by atoms with Gasteiger partial charge in [-0.3, -0.25) is 0 Å². The molecule has 3 rings (SSSR count). The number of hydrogen-bond donors (Lipinski definition) is 3. The number of aliphatic hydroxyl groups excluding tert-OH is 1. The van der Waals surface area contributed by atoms with Crippen molar-refractivity contribution in [2.75, 3.05) is 24.6 Å². The predicted molar refractivity (Wildman–Crippen MR) is 96.9 cm³/mol. The quantitative estimate of drug-likeness (QED) is 0.715. The maximum atomic E-state index is 12.1. The Balaban J connectivity index is 1.49. The first-order chi connectivity index (χ1) is 11.5. The van der Waals surface area contributed by atoms with E-state index in [1.165, 1.54) is 0 Å². The summed E-state index contributed by atoms with van der Waals surface area (Å²) in [6, 6.07) is 5.36. The molecule has 5 nitrogen and oxygen atoms in total. The fraction of sp³-hybridized carbons (Fsp3) is 0.471. The summed E-state index contributed by atoms with van der Waals surface area (Å²) < 4.78 is 0. The number of aliphatic hydroxyl groups is 1. The first kappa shape index (κ1) is 17.4. The lowest BCUT2D eigenvalue weighted by atomic mass is 10.1. The summed E-state index contributed by atoms with van der Waals surface area (Å²) in [5, 5.41) is 16.3. The van der Waals surface area contributed by atoms with Crippen LogP contribution in [0.4, 0.5) is 10.5 Å². The van der Waals surface area contributed by atoms with Crippen LogP contribution in [0, 0.1) is 5.92 Å². The Morgan fingerprint density at radius 3 is 2.83 bits per heavy atom. The Morgan fingerprint density at radius 1 is 1.29 bits per heavy atom. The average molecular weight is 370 g/mol. The number of benzene rings is 1. The Kier molecular flexibility index (Phi) is 5.54. The van der Waals surface area contributed by atoms with Gasteiger partial charge in [0.15, 0.2) is 0 Å². The van der Waals surface area contributed by atoms with Crippen LogP contribution in [0.3, 0.4) is 0 Å². The fourth-order valence-electron chi connectivity index (χ4n) is 3.25. The molecule has 2 aliphatic rings. The lowest BCUT2D eigenvalue weighted by Crippen LogP contribution is -2.46. The average Bonchev–Trinajstić information content (AvgIpc) is 3.16. The van der Waals surface area contributed by atoms with Crippen LogP contribution in [0.5, 0.6) is 0 Å². The van der Waals surface area contributed by atoms with Gasteiger partial charge in [-0.05, 0) is 31.0 Å². The third kappa shape index (κ3) is 4.15. The normalized spacial score (nSPS) is 26.0. The van der Waals surface area contributed by atoms with Gasteiger partial charge >= 0.3 is 6.03 Å². The third-order valence-electron chi connectivity index (χ3n) is 4.50. The molecule has 130 valence electrons. The third-order valence-corrected chi connectivity index (χ3v) is 5.03. The van der Waals surface area contributed by atoms with Crippen LogP contribution in [0.25, 0.3) is 0 Å². The van der Waals surface area contributed by atoms with E-state index in [9.17, 15) is 4.79 Å². The molecule has 1 aliphatic heterocycles. The van der Waals surface area contributed by atoms with Gasteiger partial charge in [0.2, 0.25) is 0 Å². The second-order valence-electron chi connectivity index (χ2n) is 6.31. The predicted octanol–water partition coefficient (Wildman–Crippen LogP) is 2.81. The molecule has 0 radical (unpaired) electrons. The molecular formula is C17H21Cl2N3O2. The number of halogens is 2. The second-order valence-corrected chi connectivity index (χ2v) is 7.16. The molecular weight excluding hydrogens is 349 g/mol. The van der Waals surface area contributed by atoms with Crippen LogP contribution < -0.4 is 15.5 Å². The highest BCUT2D eigenvalue weighted by Crippen LogP contribution is 2.31. The molecule has 1 unspecified atom stereocenters. The molecule has 1 aliphatic carbocycles. The van der Waals surface area contributed by atoms with Gasteiger partial charge in [0.1, 0.15) is 0 Å². The number of rotatable bonds is 4. The first-order valence-electron chi connectivity index (χ1n) is 8.11. The van der Waals surface area contributed by atoms with E-state index in [0.717, 1.165) is 25.1 Å². The summed E-state index contributed by atoms with van der Waals surface area (Å²) in [4.78, 5) is 14.3. The van der Waals surface area contributed by atoms with E-state index >= 15 is 0 Å². The monoisotopic (exact) mass is 369 g/mol. The number of carbonyl (C=O) groups is 1. The van der Waals surface area contributed by atoms with Crippen molar-refractivity contribution < 1.29 is 9.90 Å². The highest BCUT2D eigenvalue weighted by Gasteiger charge is 2.26. The van der Waals surface area contributed by atoms with Crippen molar-refractivity contribution in [3.8, 4) is 0 Å². The Morgan fingerprint density at radius 2 is 2.12 bits per heavy atom. The number of carbonyl (C=O) groups excluding carboxylic acids is 1. The number of hydrogen-bond acceptors (Lipinski definition) is 3. The molecule has 0 bridgehead atoms. The van der Waals surface area contributed by atoms with Crippen molar-refractivity contribution in [3.05, 3.63) is 40.4 Å². The van der Waals surface area contributed by atoms with Crippen molar-refractivity contribution in [1.29, 1.82) is 0 Å². The van der Waals surface area contributed by atoms with Crippen LogP contribution in [-0.2, 0) is 0 Å². The van der Waals surface area contributed by atoms with E-state index in [2.05, 4.69) is 15.5 Å². The first-order valence-corrected chi connectivity index (χ1v) is 8.87. The summed E-state index contributed by atoms with van der Waals surface area (Å²) in [7, 11) is 0. The molecule has 0 spiro atoms. The number of urea groups is 1. The fourth-order valence-corrected chi connectivity index (χ4v) is 3.78. The van der Waals surface area contributed by atoms with Gasteiger partial charge in [0.05, 0.1) is 10.7 Å². The van der Waals surface area contributed by atoms with Gasteiger partial charge in [-0.15, -0.1) is 0 Å². The van der Waals surface area contributed by atoms with Crippen LogP contribution >= 0.6 is 23.2 Å². The Labute approximate surface area is 151 Å². The smallest absolute Gasteiger partial charge is 0.315 e. The summed E-state index contributed by atoms with van der Waals surface area (Å²) in [6.07, 6.45) is 5.51. The number of nitrogens with one attached hydrogen (secondary N) is 2. The van der Waals surface area contributed by atoms with Gasteiger partial charge < -0.3 is 20.6 Å². The van der Waals surface area contributed by atoms with E-state index in [4.69, 9.17) is 28.3 Å². The van der Waals surface area contributed by atoms with Crippen LogP contribution in [0.2, 0.25) is 10.0 Å².